The molecule has 23 heavy (non-hydrogen) atoms. The molecular weight excluding hydrogens is 314 g/mol. The number of anilines is 1. The molecule has 0 aromatic heterocycles. The maximum absolute atomic E-state index is 12.7. The number of amides is 1. The molecule has 1 aliphatic carbocycles. The van der Waals surface area contributed by atoms with Gasteiger partial charge in [0.15, 0.2) is 5.54 Å². The van der Waals surface area contributed by atoms with E-state index in [1.165, 1.54) is 13.2 Å². The standard InChI is InChI=1S/C16H19N3O3S/c1-10-7-11(9-17)8-12(14(20)22-4)13(10)18-15(21)16(5-6-16)19(2,3)23/h7-8H,5-6H2,1-4H3,(H,18,21). The van der Waals surface area contributed by atoms with E-state index in [0.29, 0.717) is 29.7 Å². The molecule has 7 heteroatoms. The van der Waals surface area contributed by atoms with Gasteiger partial charge < -0.3 is 26.8 Å². The predicted molar refractivity (Wildman–Crippen MR) is 87.3 cm³/mol. The number of rotatable bonds is 4. The molecule has 1 aliphatic rings. The number of nitrogens with zero attached hydrogens (tertiary/aromatic N) is 2. The lowest BCUT2D eigenvalue weighted by Gasteiger charge is -2.43. The number of ether oxygens (including phenoxy) is 1. The molecule has 122 valence electrons. The Morgan fingerprint density at radius 1 is 1.39 bits per heavy atom. The SMILES string of the molecule is COC(=O)c1cc(C#N)cc(C)c1NC(=O)C1([N+](C)(C)[S-])CC1. The molecule has 1 N–H and O–H groups in total. The molecule has 0 atom stereocenters. The zero-order valence-corrected chi connectivity index (χ0v) is 14.4. The second kappa shape index (κ2) is 5.87. The molecule has 2 rings (SSSR count). The van der Waals surface area contributed by atoms with Gasteiger partial charge in [-0.25, -0.2) is 4.79 Å². The first-order valence-electron chi connectivity index (χ1n) is 7.16. The average molecular weight is 333 g/mol. The van der Waals surface area contributed by atoms with E-state index in [2.05, 4.69) is 5.32 Å². The van der Waals surface area contributed by atoms with Crippen LogP contribution in [0.5, 0.6) is 0 Å². The molecule has 0 saturated heterocycles. The lowest BCUT2D eigenvalue weighted by molar-refractivity contribution is -0.780. The highest BCUT2D eigenvalue weighted by atomic mass is 32.1. The average Bonchev–Trinajstić information content (AvgIpc) is 3.29. The van der Waals surface area contributed by atoms with Crippen LogP contribution in [0, 0.1) is 18.3 Å². The summed E-state index contributed by atoms with van der Waals surface area (Å²) < 4.78 is 4.87. The van der Waals surface area contributed by atoms with Crippen molar-refractivity contribution < 1.29 is 18.2 Å². The molecule has 1 aromatic carbocycles. The van der Waals surface area contributed by atoms with E-state index in [0.717, 1.165) is 0 Å². The van der Waals surface area contributed by atoms with Gasteiger partial charge in [0, 0.05) is 12.8 Å². The maximum atomic E-state index is 12.7. The number of hydrogen-bond donors (Lipinski definition) is 1. The number of quaternary nitrogens is 1. The smallest absolute Gasteiger partial charge is 0.340 e. The van der Waals surface area contributed by atoms with Gasteiger partial charge in [-0.2, -0.15) is 5.26 Å². The third-order valence-corrected chi connectivity index (χ3v) is 4.64. The summed E-state index contributed by atoms with van der Waals surface area (Å²) in [6.45, 7) is 1.73. The second-order valence-corrected chi connectivity index (χ2v) is 7.07. The van der Waals surface area contributed by atoms with Crippen LogP contribution in [-0.4, -0.2) is 42.5 Å². The molecule has 0 aliphatic heterocycles. The van der Waals surface area contributed by atoms with Crippen LogP contribution in [0.1, 0.15) is 34.3 Å². The Morgan fingerprint density at radius 3 is 2.43 bits per heavy atom. The molecule has 1 saturated carbocycles. The first kappa shape index (κ1) is 17.3. The fourth-order valence-electron chi connectivity index (χ4n) is 2.65. The van der Waals surface area contributed by atoms with Crippen molar-refractivity contribution in [3.63, 3.8) is 0 Å². The van der Waals surface area contributed by atoms with Gasteiger partial charge in [0.1, 0.15) is 0 Å². The summed E-state index contributed by atoms with van der Waals surface area (Å²) in [6.07, 6.45) is 1.41. The number of aryl methyl sites for hydroxylation is 1. The van der Waals surface area contributed by atoms with Gasteiger partial charge >= 0.3 is 5.97 Å². The van der Waals surface area contributed by atoms with Crippen molar-refractivity contribution in [3.8, 4) is 6.07 Å². The Labute approximate surface area is 141 Å². The van der Waals surface area contributed by atoms with E-state index in [9.17, 15) is 9.59 Å². The van der Waals surface area contributed by atoms with Crippen molar-refractivity contribution in [1.82, 2.24) is 0 Å². The van der Waals surface area contributed by atoms with Gasteiger partial charge in [-0.3, -0.25) is 4.79 Å². The first-order valence-corrected chi connectivity index (χ1v) is 7.52. The van der Waals surface area contributed by atoms with Gasteiger partial charge in [-0.05, 0) is 24.6 Å². The van der Waals surface area contributed by atoms with Crippen LogP contribution in [-0.2, 0) is 22.3 Å². The fraction of sp³-hybridized carbons (Fsp3) is 0.438. The monoisotopic (exact) mass is 333 g/mol. The van der Waals surface area contributed by atoms with Crippen LogP contribution in [0.4, 0.5) is 5.69 Å². The zero-order valence-electron chi connectivity index (χ0n) is 13.6. The number of nitrogens with one attached hydrogen (secondary N) is 1. The summed E-state index contributed by atoms with van der Waals surface area (Å²) in [5, 5.41) is 11.9. The Bertz CT molecular complexity index is 713. The highest BCUT2D eigenvalue weighted by Gasteiger charge is 2.58. The Kier molecular flexibility index (Phi) is 4.42. The number of hydrogen-bond acceptors (Lipinski definition) is 5. The van der Waals surface area contributed by atoms with E-state index in [1.807, 2.05) is 6.07 Å². The summed E-state index contributed by atoms with van der Waals surface area (Å²) >= 11 is 5.40. The third-order valence-electron chi connectivity index (χ3n) is 4.29. The topological polar surface area (TPSA) is 79.2 Å². The molecule has 0 radical (unpaired) electrons. The van der Waals surface area contributed by atoms with Gasteiger partial charge in [-0.15, -0.1) is 0 Å². The molecule has 0 heterocycles. The van der Waals surface area contributed by atoms with Crippen LogP contribution in [0.2, 0.25) is 0 Å². The zero-order chi connectivity index (χ0) is 17.4. The minimum absolute atomic E-state index is 0.113. The number of benzene rings is 1. The molecule has 0 spiro atoms. The highest BCUT2D eigenvalue weighted by molar-refractivity contribution is 7.52. The predicted octanol–water partition coefficient (Wildman–Crippen LogP) is 1.66. The lowest BCUT2D eigenvalue weighted by Crippen LogP contribution is -2.53. The molecule has 1 amide bonds. The third kappa shape index (κ3) is 3.05. The van der Waals surface area contributed by atoms with E-state index in [4.69, 9.17) is 22.8 Å². The number of methoxy groups -OCH3 is 1. The van der Waals surface area contributed by atoms with Crippen LogP contribution in [0.3, 0.4) is 0 Å². The van der Waals surface area contributed by atoms with E-state index in [1.54, 1.807) is 27.1 Å². The van der Waals surface area contributed by atoms with Gasteiger partial charge in [-0.1, -0.05) is 0 Å². The number of nitriles is 1. The van der Waals surface area contributed by atoms with E-state index < -0.39 is 11.5 Å². The molecular formula is C16H19N3O3S. The number of esters is 1. The normalized spacial score (nSPS) is 15.5. The van der Waals surface area contributed by atoms with Crippen LogP contribution < -0.4 is 5.32 Å². The van der Waals surface area contributed by atoms with Gasteiger partial charge in [0.05, 0.1) is 44.1 Å². The highest BCUT2D eigenvalue weighted by Crippen LogP contribution is 2.45. The number of carbonyl (C=O) groups excluding carboxylic acids is 2. The van der Waals surface area contributed by atoms with Gasteiger partial charge in [0.25, 0.3) is 5.91 Å². The maximum Gasteiger partial charge on any atom is 0.340 e. The van der Waals surface area contributed by atoms with Crippen LogP contribution >= 0.6 is 0 Å². The summed E-state index contributed by atoms with van der Waals surface area (Å²) in [4.78, 5) is 24.7. The second-order valence-electron chi connectivity index (χ2n) is 6.16. The Hall–Kier alpha value is -2.04. The van der Waals surface area contributed by atoms with Crippen molar-refractivity contribution in [2.75, 3.05) is 26.5 Å². The van der Waals surface area contributed by atoms with Crippen molar-refractivity contribution in [3.05, 3.63) is 28.8 Å². The summed E-state index contributed by atoms with van der Waals surface area (Å²) in [6, 6.07) is 5.03. The van der Waals surface area contributed by atoms with Crippen molar-refractivity contribution >= 4 is 30.4 Å². The Balaban J connectivity index is 2.42. The minimum atomic E-state index is -0.650. The molecule has 1 aromatic rings. The molecule has 0 bridgehead atoms. The molecule has 6 nitrogen and oxygen atoms in total. The number of likely N-dealkylation sites (N-methyl/N-ethyl adjacent to an activating group) is 1. The van der Waals surface area contributed by atoms with Crippen LogP contribution in [0.15, 0.2) is 12.1 Å². The summed E-state index contributed by atoms with van der Waals surface area (Å²) in [5.41, 5.74) is 0.853. The van der Waals surface area contributed by atoms with Crippen LogP contribution in [0.25, 0.3) is 0 Å². The van der Waals surface area contributed by atoms with Gasteiger partial charge in [0.2, 0.25) is 0 Å². The van der Waals surface area contributed by atoms with Crippen molar-refractivity contribution in [2.24, 2.45) is 0 Å². The van der Waals surface area contributed by atoms with Crippen molar-refractivity contribution in [2.45, 2.75) is 25.3 Å². The quantitative estimate of drug-likeness (QED) is 0.515. The van der Waals surface area contributed by atoms with E-state index >= 15 is 0 Å². The van der Waals surface area contributed by atoms with Crippen molar-refractivity contribution in [1.29, 1.82) is 5.26 Å². The Morgan fingerprint density at radius 2 is 2.00 bits per heavy atom. The lowest BCUT2D eigenvalue weighted by atomic mass is 10.0. The number of carbonyl (C=O) groups is 2. The molecule has 0 unspecified atom stereocenters. The molecule has 1 fully saturated rings. The largest absolute Gasteiger partial charge is 0.494 e. The minimum Gasteiger partial charge on any atom is -0.494 e. The fourth-order valence-corrected chi connectivity index (χ4v) is 2.91. The summed E-state index contributed by atoms with van der Waals surface area (Å²) in [5.74, 6) is -0.812. The first-order chi connectivity index (χ1) is 10.7. The summed E-state index contributed by atoms with van der Waals surface area (Å²) in [7, 11) is 4.86. The van der Waals surface area contributed by atoms with E-state index in [-0.39, 0.29) is 15.4 Å².